The number of carbonyl (C=O) groups is 1. The average molecular weight is 251 g/mol. The number of rotatable bonds is 4. The van der Waals surface area contributed by atoms with Gasteiger partial charge in [-0.2, -0.15) is 0 Å². The number of hydrogen-bond acceptors (Lipinski definition) is 5. The maximum atomic E-state index is 10.6. The summed E-state index contributed by atoms with van der Waals surface area (Å²) < 4.78 is 5.27. The fourth-order valence-electron chi connectivity index (χ4n) is 1.90. The van der Waals surface area contributed by atoms with Crippen molar-refractivity contribution in [2.24, 2.45) is 5.73 Å². The van der Waals surface area contributed by atoms with E-state index >= 15 is 0 Å². The second-order valence-electron chi connectivity index (χ2n) is 4.25. The van der Waals surface area contributed by atoms with Gasteiger partial charge in [-0.1, -0.05) is 6.07 Å². The number of nitrogens with two attached hydrogens (primary N) is 1. The van der Waals surface area contributed by atoms with Gasteiger partial charge in [0.1, 0.15) is 5.82 Å². The molecule has 0 aliphatic carbocycles. The number of carboxylic acid groups (broad SMARTS) is 1. The topological polar surface area (TPSA) is 88.7 Å². The molecule has 1 aromatic heterocycles. The largest absolute Gasteiger partial charge is 0.481 e. The second kappa shape index (κ2) is 5.79. The molecule has 1 fully saturated rings. The van der Waals surface area contributed by atoms with Gasteiger partial charge in [0.05, 0.1) is 19.6 Å². The fourth-order valence-corrected chi connectivity index (χ4v) is 1.90. The van der Waals surface area contributed by atoms with Crippen LogP contribution in [0.4, 0.5) is 5.82 Å². The molecule has 1 unspecified atom stereocenters. The van der Waals surface area contributed by atoms with E-state index in [0.29, 0.717) is 13.2 Å². The highest BCUT2D eigenvalue weighted by molar-refractivity contribution is 5.67. The highest BCUT2D eigenvalue weighted by Crippen LogP contribution is 2.17. The zero-order valence-corrected chi connectivity index (χ0v) is 10.1. The van der Waals surface area contributed by atoms with Crippen LogP contribution in [-0.4, -0.2) is 42.4 Å². The molecule has 0 bridgehead atoms. The van der Waals surface area contributed by atoms with Crippen LogP contribution in [0.2, 0.25) is 0 Å². The van der Waals surface area contributed by atoms with Crippen molar-refractivity contribution in [3.63, 3.8) is 0 Å². The van der Waals surface area contributed by atoms with Crippen molar-refractivity contribution in [3.8, 4) is 0 Å². The molecule has 1 saturated heterocycles. The van der Waals surface area contributed by atoms with Crippen LogP contribution >= 0.6 is 0 Å². The monoisotopic (exact) mass is 251 g/mol. The maximum absolute atomic E-state index is 10.6. The van der Waals surface area contributed by atoms with Gasteiger partial charge in [0.15, 0.2) is 0 Å². The molecule has 0 aromatic carbocycles. The molecule has 3 N–H and O–H groups in total. The summed E-state index contributed by atoms with van der Waals surface area (Å²) in [4.78, 5) is 17.0. The number of morpholine rings is 1. The minimum Gasteiger partial charge on any atom is -0.481 e. The number of anilines is 1. The van der Waals surface area contributed by atoms with Gasteiger partial charge in [-0.3, -0.25) is 4.79 Å². The third kappa shape index (κ3) is 3.18. The SMILES string of the molecule is NC(CC(=O)O)c1ccc(N2CCOCC2)nc1. The summed E-state index contributed by atoms with van der Waals surface area (Å²) in [5.74, 6) is -0.0238. The summed E-state index contributed by atoms with van der Waals surface area (Å²) in [6.45, 7) is 3.07. The van der Waals surface area contributed by atoms with E-state index in [1.165, 1.54) is 0 Å². The first-order valence-electron chi connectivity index (χ1n) is 5.93. The van der Waals surface area contributed by atoms with Gasteiger partial charge in [0.25, 0.3) is 0 Å². The molecule has 6 nitrogen and oxygen atoms in total. The third-order valence-corrected chi connectivity index (χ3v) is 2.93. The smallest absolute Gasteiger partial charge is 0.305 e. The lowest BCUT2D eigenvalue weighted by Gasteiger charge is -2.27. The first-order valence-corrected chi connectivity index (χ1v) is 5.93. The standard InChI is InChI=1S/C12H17N3O3/c13-10(7-12(16)17)9-1-2-11(14-8-9)15-3-5-18-6-4-15/h1-2,8,10H,3-7,13H2,(H,16,17). The van der Waals surface area contributed by atoms with Crippen LogP contribution in [0.25, 0.3) is 0 Å². The quantitative estimate of drug-likeness (QED) is 0.805. The van der Waals surface area contributed by atoms with Crippen LogP contribution in [-0.2, 0) is 9.53 Å². The Morgan fingerprint density at radius 2 is 2.22 bits per heavy atom. The zero-order valence-electron chi connectivity index (χ0n) is 10.1. The number of aliphatic carboxylic acids is 1. The molecule has 0 saturated carbocycles. The Morgan fingerprint density at radius 3 is 2.78 bits per heavy atom. The average Bonchev–Trinajstić information content (AvgIpc) is 2.39. The lowest BCUT2D eigenvalue weighted by Crippen LogP contribution is -2.36. The summed E-state index contributed by atoms with van der Waals surface area (Å²) in [7, 11) is 0. The number of nitrogens with zero attached hydrogens (tertiary/aromatic N) is 2. The molecule has 1 atom stereocenters. The zero-order chi connectivity index (χ0) is 13.0. The molecule has 0 spiro atoms. The van der Waals surface area contributed by atoms with Gasteiger partial charge in [0, 0.05) is 25.3 Å². The molecule has 1 aromatic rings. The van der Waals surface area contributed by atoms with Crippen LogP contribution in [0.15, 0.2) is 18.3 Å². The van der Waals surface area contributed by atoms with Crippen molar-refractivity contribution in [2.75, 3.05) is 31.2 Å². The van der Waals surface area contributed by atoms with E-state index in [1.807, 2.05) is 12.1 Å². The molecule has 98 valence electrons. The minimum absolute atomic E-state index is 0.0847. The maximum Gasteiger partial charge on any atom is 0.305 e. The lowest BCUT2D eigenvalue weighted by atomic mass is 10.1. The van der Waals surface area contributed by atoms with E-state index in [4.69, 9.17) is 15.6 Å². The van der Waals surface area contributed by atoms with Crippen molar-refractivity contribution in [1.29, 1.82) is 0 Å². The van der Waals surface area contributed by atoms with Crippen molar-refractivity contribution >= 4 is 11.8 Å². The Bertz CT molecular complexity index is 402. The van der Waals surface area contributed by atoms with Crippen molar-refractivity contribution in [3.05, 3.63) is 23.9 Å². The molecule has 6 heteroatoms. The van der Waals surface area contributed by atoms with Gasteiger partial charge in [-0.25, -0.2) is 4.98 Å². The number of aromatic nitrogens is 1. The van der Waals surface area contributed by atoms with Gasteiger partial charge < -0.3 is 20.5 Å². The molecule has 0 radical (unpaired) electrons. The Hall–Kier alpha value is -1.66. The Balaban J connectivity index is 2.02. The molecular formula is C12H17N3O3. The summed E-state index contributed by atoms with van der Waals surface area (Å²) in [6, 6.07) is 3.21. The van der Waals surface area contributed by atoms with Crippen LogP contribution in [0.5, 0.6) is 0 Å². The summed E-state index contributed by atoms with van der Waals surface area (Å²) in [6.07, 6.45) is 1.57. The Labute approximate surface area is 105 Å². The third-order valence-electron chi connectivity index (χ3n) is 2.93. The molecule has 1 aliphatic heterocycles. The molecule has 1 aliphatic rings. The van der Waals surface area contributed by atoms with Gasteiger partial charge >= 0.3 is 5.97 Å². The number of ether oxygens (including phenoxy) is 1. The van der Waals surface area contributed by atoms with Crippen LogP contribution in [0, 0.1) is 0 Å². The molecule has 0 amide bonds. The first-order chi connectivity index (χ1) is 8.66. The molecular weight excluding hydrogens is 234 g/mol. The predicted octanol–water partition coefficient (Wildman–Crippen LogP) is 0.393. The van der Waals surface area contributed by atoms with E-state index in [2.05, 4.69) is 9.88 Å². The Kier molecular flexibility index (Phi) is 4.11. The first kappa shape index (κ1) is 12.8. The highest BCUT2D eigenvalue weighted by atomic mass is 16.5. The van der Waals surface area contributed by atoms with E-state index < -0.39 is 12.0 Å². The highest BCUT2D eigenvalue weighted by Gasteiger charge is 2.14. The van der Waals surface area contributed by atoms with Gasteiger partial charge in [-0.05, 0) is 11.6 Å². The van der Waals surface area contributed by atoms with Gasteiger partial charge in [0.2, 0.25) is 0 Å². The molecule has 18 heavy (non-hydrogen) atoms. The molecule has 2 rings (SSSR count). The lowest BCUT2D eigenvalue weighted by molar-refractivity contribution is -0.137. The minimum atomic E-state index is -0.903. The summed E-state index contributed by atoms with van der Waals surface area (Å²) in [5.41, 5.74) is 6.51. The van der Waals surface area contributed by atoms with Crippen molar-refractivity contribution < 1.29 is 14.6 Å². The van der Waals surface area contributed by atoms with Crippen LogP contribution < -0.4 is 10.6 Å². The van der Waals surface area contributed by atoms with E-state index in [-0.39, 0.29) is 6.42 Å². The number of hydrogen-bond donors (Lipinski definition) is 2. The summed E-state index contributed by atoms with van der Waals surface area (Å²) >= 11 is 0. The number of pyridine rings is 1. The number of carboxylic acids is 1. The normalized spacial score (nSPS) is 17.5. The summed E-state index contributed by atoms with van der Waals surface area (Å²) in [5, 5.41) is 8.68. The van der Waals surface area contributed by atoms with Gasteiger partial charge in [-0.15, -0.1) is 0 Å². The molecule has 2 heterocycles. The van der Waals surface area contributed by atoms with E-state index in [0.717, 1.165) is 24.5 Å². The Morgan fingerprint density at radius 1 is 1.50 bits per heavy atom. The predicted molar refractivity (Wildman–Crippen MR) is 66.5 cm³/mol. The van der Waals surface area contributed by atoms with E-state index in [1.54, 1.807) is 6.20 Å². The second-order valence-corrected chi connectivity index (χ2v) is 4.25. The van der Waals surface area contributed by atoms with Crippen LogP contribution in [0.1, 0.15) is 18.0 Å². The van der Waals surface area contributed by atoms with E-state index in [9.17, 15) is 4.79 Å². The fraction of sp³-hybridized carbons (Fsp3) is 0.500. The van der Waals surface area contributed by atoms with Crippen LogP contribution in [0.3, 0.4) is 0 Å². The van der Waals surface area contributed by atoms with Crippen molar-refractivity contribution in [1.82, 2.24) is 4.98 Å². The van der Waals surface area contributed by atoms with Crippen molar-refractivity contribution in [2.45, 2.75) is 12.5 Å².